The summed E-state index contributed by atoms with van der Waals surface area (Å²) in [5, 5.41) is 0. The maximum atomic E-state index is 6.30. The fourth-order valence-electron chi connectivity index (χ4n) is 3.86. The lowest BCUT2D eigenvalue weighted by Gasteiger charge is -2.38. The van der Waals surface area contributed by atoms with E-state index in [9.17, 15) is 0 Å². The second kappa shape index (κ2) is 5.96. The van der Waals surface area contributed by atoms with Crippen LogP contribution in [0.15, 0.2) is 0 Å². The van der Waals surface area contributed by atoms with Crippen LogP contribution in [0.2, 0.25) is 0 Å². The first-order valence-electron chi connectivity index (χ1n) is 6.93. The van der Waals surface area contributed by atoms with Gasteiger partial charge in [0.25, 0.3) is 0 Å². The standard InChI is InChI=1S/C14H24Cl2/c15-10-14(11-16,13-7-3-4-8-13)9-12-5-1-2-6-12/h12-13H,1-11H2. The monoisotopic (exact) mass is 262 g/mol. The third-order valence-corrected chi connectivity index (χ3v) is 5.99. The lowest BCUT2D eigenvalue weighted by Crippen LogP contribution is -2.35. The quantitative estimate of drug-likeness (QED) is 0.596. The topological polar surface area (TPSA) is 0 Å². The van der Waals surface area contributed by atoms with Crippen molar-refractivity contribution in [1.29, 1.82) is 0 Å². The maximum Gasteiger partial charge on any atom is 0.0294 e. The molecule has 0 saturated heterocycles. The Balaban J connectivity index is 2.00. The highest BCUT2D eigenvalue weighted by molar-refractivity contribution is 6.21. The van der Waals surface area contributed by atoms with Gasteiger partial charge in [-0.3, -0.25) is 0 Å². The van der Waals surface area contributed by atoms with Crippen LogP contribution < -0.4 is 0 Å². The zero-order valence-corrected chi connectivity index (χ0v) is 11.7. The molecule has 0 heterocycles. The zero-order valence-electron chi connectivity index (χ0n) is 10.2. The molecule has 2 aliphatic rings. The molecule has 0 N–H and O–H groups in total. The van der Waals surface area contributed by atoms with Crippen molar-refractivity contribution in [2.45, 2.75) is 57.8 Å². The SMILES string of the molecule is ClCC(CCl)(CC1CCCC1)C1CCCC1. The average Bonchev–Trinajstić information content (AvgIpc) is 2.99. The van der Waals surface area contributed by atoms with Crippen LogP contribution in [-0.2, 0) is 0 Å². The summed E-state index contributed by atoms with van der Waals surface area (Å²) in [5.74, 6) is 3.27. The third kappa shape index (κ3) is 2.70. The van der Waals surface area contributed by atoms with Gasteiger partial charge < -0.3 is 0 Å². The molecule has 2 rings (SSSR count). The first-order valence-corrected chi connectivity index (χ1v) is 7.99. The van der Waals surface area contributed by atoms with E-state index in [0.29, 0.717) is 0 Å². The molecular formula is C14H24Cl2. The normalized spacial score (nSPS) is 24.4. The summed E-state index contributed by atoms with van der Waals surface area (Å²) in [6.07, 6.45) is 12.5. The molecule has 0 amide bonds. The lowest BCUT2D eigenvalue weighted by atomic mass is 9.71. The average molecular weight is 263 g/mol. The first-order chi connectivity index (χ1) is 7.80. The molecule has 2 aliphatic carbocycles. The fraction of sp³-hybridized carbons (Fsp3) is 1.00. The summed E-state index contributed by atoms with van der Waals surface area (Å²) in [5.41, 5.74) is 0.259. The highest BCUT2D eigenvalue weighted by Gasteiger charge is 2.40. The van der Waals surface area contributed by atoms with Crippen molar-refractivity contribution in [1.82, 2.24) is 0 Å². The van der Waals surface area contributed by atoms with Gasteiger partial charge in [0.05, 0.1) is 0 Å². The van der Waals surface area contributed by atoms with Gasteiger partial charge in [-0.15, -0.1) is 23.2 Å². The molecule has 2 heteroatoms. The molecule has 16 heavy (non-hydrogen) atoms. The molecule has 0 aromatic rings. The van der Waals surface area contributed by atoms with Crippen LogP contribution in [0.4, 0.5) is 0 Å². The molecule has 0 spiro atoms. The van der Waals surface area contributed by atoms with Crippen molar-refractivity contribution < 1.29 is 0 Å². The second-order valence-corrected chi connectivity index (χ2v) is 6.50. The van der Waals surface area contributed by atoms with Gasteiger partial charge in [0.2, 0.25) is 0 Å². The number of hydrogen-bond acceptors (Lipinski definition) is 0. The second-order valence-electron chi connectivity index (χ2n) is 5.97. The van der Waals surface area contributed by atoms with Gasteiger partial charge in [-0.1, -0.05) is 38.5 Å². The Hall–Kier alpha value is 0.580. The molecule has 0 radical (unpaired) electrons. The third-order valence-electron chi connectivity index (χ3n) is 4.92. The van der Waals surface area contributed by atoms with Crippen LogP contribution in [0.3, 0.4) is 0 Å². The molecule has 2 fully saturated rings. The maximum absolute atomic E-state index is 6.30. The highest BCUT2D eigenvalue weighted by Crippen LogP contribution is 2.48. The Morgan fingerprint density at radius 3 is 1.81 bits per heavy atom. The number of halogens is 2. The van der Waals surface area contributed by atoms with Crippen LogP contribution in [0.1, 0.15) is 57.8 Å². The summed E-state index contributed by atoms with van der Waals surface area (Å²) in [6, 6.07) is 0. The minimum atomic E-state index is 0.259. The minimum absolute atomic E-state index is 0.259. The predicted octanol–water partition coefficient (Wildman–Crippen LogP) is 5.22. The molecule has 0 unspecified atom stereocenters. The van der Waals surface area contributed by atoms with Crippen molar-refractivity contribution in [3.05, 3.63) is 0 Å². The van der Waals surface area contributed by atoms with Crippen LogP contribution in [-0.4, -0.2) is 11.8 Å². The van der Waals surface area contributed by atoms with E-state index >= 15 is 0 Å². The number of alkyl halides is 2. The van der Waals surface area contributed by atoms with Gasteiger partial charge in [0, 0.05) is 17.2 Å². The van der Waals surface area contributed by atoms with E-state index in [1.807, 2.05) is 0 Å². The summed E-state index contributed by atoms with van der Waals surface area (Å²) in [7, 11) is 0. The zero-order chi connectivity index (χ0) is 11.4. The van der Waals surface area contributed by atoms with Gasteiger partial charge in [-0.25, -0.2) is 0 Å². The largest absolute Gasteiger partial charge is 0.126 e. The lowest BCUT2D eigenvalue weighted by molar-refractivity contribution is 0.173. The van der Waals surface area contributed by atoms with Gasteiger partial charge >= 0.3 is 0 Å². The first kappa shape index (κ1) is 13.0. The van der Waals surface area contributed by atoms with Crippen LogP contribution in [0.5, 0.6) is 0 Å². The van der Waals surface area contributed by atoms with E-state index in [1.54, 1.807) is 0 Å². The van der Waals surface area contributed by atoms with E-state index < -0.39 is 0 Å². The number of hydrogen-bond donors (Lipinski definition) is 0. The molecule has 0 aromatic heterocycles. The van der Waals surface area contributed by atoms with E-state index in [2.05, 4.69) is 0 Å². The molecule has 94 valence electrons. The van der Waals surface area contributed by atoms with E-state index in [0.717, 1.165) is 23.6 Å². The molecule has 0 aliphatic heterocycles. The van der Waals surface area contributed by atoms with Gasteiger partial charge in [0.1, 0.15) is 0 Å². The van der Waals surface area contributed by atoms with Gasteiger partial charge in [-0.05, 0) is 31.1 Å². The molecular weight excluding hydrogens is 239 g/mol. The Labute approximate surface area is 110 Å². The van der Waals surface area contributed by atoms with Crippen molar-refractivity contribution in [2.75, 3.05) is 11.8 Å². The summed E-state index contributed by atoms with van der Waals surface area (Å²) in [4.78, 5) is 0. The molecule has 0 nitrogen and oxygen atoms in total. The van der Waals surface area contributed by atoms with Crippen LogP contribution in [0.25, 0.3) is 0 Å². The Kier molecular flexibility index (Phi) is 4.85. The molecule has 0 atom stereocenters. The summed E-state index contributed by atoms with van der Waals surface area (Å²) < 4.78 is 0. The molecule has 2 saturated carbocycles. The van der Waals surface area contributed by atoms with Gasteiger partial charge in [0.15, 0.2) is 0 Å². The van der Waals surface area contributed by atoms with E-state index in [-0.39, 0.29) is 5.41 Å². The fourth-order valence-corrected chi connectivity index (χ4v) is 4.80. The van der Waals surface area contributed by atoms with Crippen molar-refractivity contribution in [3.63, 3.8) is 0 Å². The Morgan fingerprint density at radius 2 is 1.31 bits per heavy atom. The minimum Gasteiger partial charge on any atom is -0.126 e. The molecule has 0 aromatic carbocycles. The van der Waals surface area contributed by atoms with Crippen LogP contribution in [0, 0.1) is 17.3 Å². The van der Waals surface area contributed by atoms with Crippen molar-refractivity contribution in [2.24, 2.45) is 17.3 Å². The number of rotatable bonds is 5. The highest BCUT2D eigenvalue weighted by atomic mass is 35.5. The van der Waals surface area contributed by atoms with Gasteiger partial charge in [-0.2, -0.15) is 0 Å². The predicted molar refractivity (Wildman–Crippen MR) is 72.4 cm³/mol. The van der Waals surface area contributed by atoms with E-state index in [1.165, 1.54) is 57.8 Å². The summed E-state index contributed by atoms with van der Waals surface area (Å²) >= 11 is 12.6. The smallest absolute Gasteiger partial charge is 0.0294 e. The molecule has 0 bridgehead atoms. The van der Waals surface area contributed by atoms with Crippen molar-refractivity contribution >= 4 is 23.2 Å². The Bertz CT molecular complexity index is 199. The van der Waals surface area contributed by atoms with E-state index in [4.69, 9.17) is 23.2 Å². The van der Waals surface area contributed by atoms with Crippen molar-refractivity contribution in [3.8, 4) is 0 Å². The Morgan fingerprint density at radius 1 is 0.812 bits per heavy atom. The van der Waals surface area contributed by atoms with Crippen LogP contribution >= 0.6 is 23.2 Å². The summed E-state index contributed by atoms with van der Waals surface area (Å²) in [6.45, 7) is 0.